The van der Waals surface area contributed by atoms with Crippen LogP contribution in [0.3, 0.4) is 0 Å². The molecular weight excluding hydrogens is 508 g/mol. The van der Waals surface area contributed by atoms with Gasteiger partial charge in [-0.25, -0.2) is 0 Å². The van der Waals surface area contributed by atoms with E-state index in [0.717, 1.165) is 22.3 Å². The molecule has 0 atom stereocenters. The van der Waals surface area contributed by atoms with Gasteiger partial charge in [0.2, 0.25) is 0 Å². The Kier molecular flexibility index (Phi) is 6.78. The first-order valence-electron chi connectivity index (χ1n) is 9.34. The van der Waals surface area contributed by atoms with Gasteiger partial charge in [0.25, 0.3) is 11.8 Å². The van der Waals surface area contributed by atoms with Crippen LogP contribution in [0.15, 0.2) is 69.6 Å². The van der Waals surface area contributed by atoms with Crippen LogP contribution in [0.1, 0.15) is 20.7 Å². The molecule has 2 amide bonds. The van der Waals surface area contributed by atoms with Crippen molar-refractivity contribution in [1.29, 1.82) is 0 Å². The van der Waals surface area contributed by atoms with Gasteiger partial charge in [-0.2, -0.15) is 0 Å². The first kappa shape index (κ1) is 22.2. The Morgan fingerprint density at radius 2 is 1.00 bits per heavy atom. The highest BCUT2D eigenvalue weighted by molar-refractivity contribution is 9.11. The highest BCUT2D eigenvalue weighted by atomic mass is 79.9. The minimum atomic E-state index is -0.196. The zero-order chi connectivity index (χ0) is 22.0. The van der Waals surface area contributed by atoms with Crippen molar-refractivity contribution in [2.45, 2.75) is 0 Å². The zero-order valence-corrected chi connectivity index (χ0v) is 20.4. The molecule has 3 aromatic carbocycles. The zero-order valence-electron chi connectivity index (χ0n) is 17.2. The fourth-order valence-electron chi connectivity index (χ4n) is 3.30. The SMILES string of the molecule is CN(C)C(=O)c1c(Br)c(C(=O)N(C)C)c(-c2ccccc2)c(-c2ccccc2)c1Br. The maximum absolute atomic E-state index is 13.4. The Morgan fingerprint density at radius 3 is 1.43 bits per heavy atom. The van der Waals surface area contributed by atoms with Crippen molar-refractivity contribution in [2.75, 3.05) is 28.2 Å². The fourth-order valence-corrected chi connectivity index (χ4v) is 5.09. The normalized spacial score (nSPS) is 10.6. The number of benzene rings is 3. The fraction of sp³-hybridized carbons (Fsp3) is 0.167. The summed E-state index contributed by atoms with van der Waals surface area (Å²) in [7, 11) is 6.81. The van der Waals surface area contributed by atoms with Gasteiger partial charge in [0.05, 0.1) is 11.1 Å². The molecule has 0 saturated carbocycles. The molecule has 0 N–H and O–H groups in total. The summed E-state index contributed by atoms with van der Waals surface area (Å²) in [5, 5.41) is 0. The molecule has 0 aliphatic carbocycles. The number of carbonyl (C=O) groups excluding carboxylic acids is 2. The lowest BCUT2D eigenvalue weighted by molar-refractivity contribution is 0.0824. The van der Waals surface area contributed by atoms with Crippen LogP contribution in [0, 0.1) is 0 Å². The quantitative estimate of drug-likeness (QED) is 0.419. The minimum absolute atomic E-state index is 0.182. The number of carbonyl (C=O) groups is 2. The largest absolute Gasteiger partial charge is 0.345 e. The number of nitrogens with zero attached hydrogens (tertiary/aromatic N) is 2. The van der Waals surface area contributed by atoms with Crippen molar-refractivity contribution >= 4 is 43.7 Å². The molecule has 0 spiro atoms. The number of halogens is 2. The lowest BCUT2D eigenvalue weighted by Crippen LogP contribution is -2.27. The van der Waals surface area contributed by atoms with Gasteiger partial charge in [-0.05, 0) is 43.0 Å². The molecule has 0 radical (unpaired) electrons. The van der Waals surface area contributed by atoms with E-state index in [4.69, 9.17) is 0 Å². The molecule has 0 aliphatic heterocycles. The van der Waals surface area contributed by atoms with Crippen LogP contribution in [0.25, 0.3) is 22.3 Å². The van der Waals surface area contributed by atoms with Crippen LogP contribution in [0.4, 0.5) is 0 Å². The molecule has 30 heavy (non-hydrogen) atoms. The Bertz CT molecular complexity index is 1100. The van der Waals surface area contributed by atoms with Crippen LogP contribution < -0.4 is 0 Å². The molecule has 154 valence electrons. The average Bonchev–Trinajstić information content (AvgIpc) is 2.74. The van der Waals surface area contributed by atoms with Crippen molar-refractivity contribution in [3.8, 4) is 22.3 Å². The molecule has 4 nitrogen and oxygen atoms in total. The summed E-state index contributed by atoms with van der Waals surface area (Å²) in [6.45, 7) is 0. The summed E-state index contributed by atoms with van der Waals surface area (Å²) in [5.74, 6) is -0.378. The van der Waals surface area contributed by atoms with E-state index in [2.05, 4.69) is 31.9 Å². The van der Waals surface area contributed by atoms with E-state index in [1.54, 1.807) is 28.2 Å². The Balaban J connectivity index is 2.56. The maximum Gasteiger partial charge on any atom is 0.255 e. The van der Waals surface area contributed by atoms with Gasteiger partial charge in [-0.3, -0.25) is 9.59 Å². The first-order valence-corrected chi connectivity index (χ1v) is 10.9. The number of rotatable bonds is 4. The third-order valence-corrected chi connectivity index (χ3v) is 6.33. The van der Waals surface area contributed by atoms with Gasteiger partial charge in [0.15, 0.2) is 0 Å². The second kappa shape index (κ2) is 9.14. The molecule has 0 saturated heterocycles. The van der Waals surface area contributed by atoms with Gasteiger partial charge in [-0.1, -0.05) is 60.7 Å². The number of amides is 2. The average molecular weight is 530 g/mol. The summed E-state index contributed by atoms with van der Waals surface area (Å²) in [6.07, 6.45) is 0. The summed E-state index contributed by atoms with van der Waals surface area (Å²) in [4.78, 5) is 29.5. The number of hydrogen-bond acceptors (Lipinski definition) is 2. The van der Waals surface area contributed by atoms with Gasteiger partial charge in [0, 0.05) is 48.3 Å². The smallest absolute Gasteiger partial charge is 0.255 e. The molecular formula is C24H22Br2N2O2. The molecule has 0 bridgehead atoms. The second-order valence-corrected chi connectivity index (χ2v) is 8.85. The Hall–Kier alpha value is -2.44. The van der Waals surface area contributed by atoms with Crippen LogP contribution in [-0.4, -0.2) is 49.8 Å². The van der Waals surface area contributed by atoms with Crippen LogP contribution >= 0.6 is 31.9 Å². The van der Waals surface area contributed by atoms with E-state index < -0.39 is 0 Å². The Morgan fingerprint density at radius 1 is 0.600 bits per heavy atom. The van der Waals surface area contributed by atoms with Gasteiger partial charge < -0.3 is 9.80 Å². The molecule has 0 fully saturated rings. The van der Waals surface area contributed by atoms with Crippen LogP contribution in [0.2, 0.25) is 0 Å². The molecule has 0 unspecified atom stereocenters. The van der Waals surface area contributed by atoms with Crippen molar-refractivity contribution < 1.29 is 9.59 Å². The second-order valence-electron chi connectivity index (χ2n) is 7.26. The maximum atomic E-state index is 13.4. The van der Waals surface area contributed by atoms with E-state index in [-0.39, 0.29) is 11.8 Å². The molecule has 0 aliphatic rings. The third kappa shape index (κ3) is 4.07. The lowest BCUT2D eigenvalue weighted by Gasteiger charge is -2.24. The lowest BCUT2D eigenvalue weighted by atomic mass is 9.87. The summed E-state index contributed by atoms with van der Waals surface area (Å²) >= 11 is 7.30. The predicted octanol–water partition coefficient (Wildman–Crippen LogP) is 5.95. The number of hydrogen-bond donors (Lipinski definition) is 0. The molecule has 0 aromatic heterocycles. The van der Waals surface area contributed by atoms with Crippen molar-refractivity contribution in [3.63, 3.8) is 0 Å². The topological polar surface area (TPSA) is 40.6 Å². The monoisotopic (exact) mass is 528 g/mol. The first-order chi connectivity index (χ1) is 14.3. The van der Waals surface area contributed by atoms with E-state index in [1.807, 2.05) is 60.7 Å². The summed E-state index contributed by atoms with van der Waals surface area (Å²) < 4.78 is 1.12. The van der Waals surface area contributed by atoms with E-state index >= 15 is 0 Å². The third-order valence-electron chi connectivity index (χ3n) is 4.74. The van der Waals surface area contributed by atoms with Crippen molar-refractivity contribution in [3.05, 3.63) is 80.7 Å². The van der Waals surface area contributed by atoms with Gasteiger partial charge >= 0.3 is 0 Å². The van der Waals surface area contributed by atoms with E-state index in [9.17, 15) is 9.59 Å². The highest BCUT2D eigenvalue weighted by Crippen LogP contribution is 2.46. The van der Waals surface area contributed by atoms with Crippen molar-refractivity contribution in [1.82, 2.24) is 9.80 Å². The van der Waals surface area contributed by atoms with E-state index in [1.165, 1.54) is 9.80 Å². The Labute approximate surface area is 193 Å². The van der Waals surface area contributed by atoms with E-state index in [0.29, 0.717) is 20.1 Å². The molecule has 0 heterocycles. The van der Waals surface area contributed by atoms with Gasteiger partial charge in [-0.15, -0.1) is 0 Å². The standard InChI is InChI=1S/C24H22Br2N2O2/c1-27(2)23(29)19-17(15-11-7-5-8-12-15)18(16-13-9-6-10-14-16)21(25)20(22(19)26)24(30)28(3)4/h5-14H,1-4H3. The summed E-state index contributed by atoms with van der Waals surface area (Å²) in [5.41, 5.74) is 4.26. The van der Waals surface area contributed by atoms with Gasteiger partial charge in [0.1, 0.15) is 0 Å². The summed E-state index contributed by atoms with van der Waals surface area (Å²) in [6, 6.07) is 19.6. The predicted molar refractivity (Wildman–Crippen MR) is 129 cm³/mol. The molecule has 3 rings (SSSR count). The molecule has 6 heteroatoms. The minimum Gasteiger partial charge on any atom is -0.345 e. The molecule has 3 aromatic rings. The van der Waals surface area contributed by atoms with Crippen LogP contribution in [0.5, 0.6) is 0 Å². The van der Waals surface area contributed by atoms with Crippen molar-refractivity contribution in [2.24, 2.45) is 0 Å². The van der Waals surface area contributed by atoms with Crippen LogP contribution in [-0.2, 0) is 0 Å². The highest BCUT2D eigenvalue weighted by Gasteiger charge is 2.31.